The van der Waals surface area contributed by atoms with E-state index in [0.29, 0.717) is 18.9 Å². The van der Waals surface area contributed by atoms with Gasteiger partial charge in [0.2, 0.25) is 0 Å². The summed E-state index contributed by atoms with van der Waals surface area (Å²) in [4.78, 5) is 0. The number of rotatable bonds is 4. The van der Waals surface area contributed by atoms with Crippen molar-refractivity contribution in [1.29, 1.82) is 0 Å². The zero-order chi connectivity index (χ0) is 14.3. The molecular formula is C13H11BrF4O. The van der Waals surface area contributed by atoms with E-state index in [4.69, 9.17) is 4.74 Å². The average Bonchev–Trinajstić information content (AvgIpc) is 3.09. The third-order valence-corrected chi connectivity index (χ3v) is 3.83. The Morgan fingerprint density at radius 2 is 2.00 bits per heavy atom. The minimum atomic E-state index is -4.58. The molecule has 0 N–H and O–H groups in total. The minimum absolute atomic E-state index is 0.0297. The SMILES string of the molecule is C=CCOC1(c2cc(C(F)(F)F)cc(F)c2Br)CC1. The second kappa shape index (κ2) is 4.90. The van der Waals surface area contributed by atoms with Crippen molar-refractivity contribution in [2.24, 2.45) is 0 Å². The zero-order valence-corrected chi connectivity index (χ0v) is 11.4. The molecule has 0 amide bonds. The molecule has 1 nitrogen and oxygen atoms in total. The van der Waals surface area contributed by atoms with E-state index < -0.39 is 23.2 Å². The number of ether oxygens (including phenoxy) is 1. The van der Waals surface area contributed by atoms with E-state index in [1.165, 1.54) is 6.08 Å². The number of hydrogen-bond donors (Lipinski definition) is 0. The van der Waals surface area contributed by atoms with Crippen LogP contribution in [0.3, 0.4) is 0 Å². The highest BCUT2D eigenvalue weighted by atomic mass is 79.9. The fraction of sp³-hybridized carbons (Fsp3) is 0.385. The molecule has 1 saturated carbocycles. The van der Waals surface area contributed by atoms with E-state index >= 15 is 0 Å². The highest BCUT2D eigenvalue weighted by Gasteiger charge is 2.48. The van der Waals surface area contributed by atoms with Gasteiger partial charge in [-0.3, -0.25) is 0 Å². The summed E-state index contributed by atoms with van der Waals surface area (Å²) in [6.07, 6.45) is -1.93. The Hall–Kier alpha value is -0.880. The molecule has 0 aromatic heterocycles. The molecule has 0 heterocycles. The van der Waals surface area contributed by atoms with Crippen LogP contribution >= 0.6 is 15.9 Å². The highest BCUT2D eigenvalue weighted by molar-refractivity contribution is 9.10. The lowest BCUT2D eigenvalue weighted by Gasteiger charge is -2.20. The Bertz CT molecular complexity index is 506. The Morgan fingerprint density at radius 3 is 2.47 bits per heavy atom. The van der Waals surface area contributed by atoms with Gasteiger partial charge in [-0.25, -0.2) is 4.39 Å². The zero-order valence-electron chi connectivity index (χ0n) is 9.86. The summed E-state index contributed by atoms with van der Waals surface area (Å²) >= 11 is 3.00. The van der Waals surface area contributed by atoms with E-state index in [2.05, 4.69) is 22.5 Å². The quantitative estimate of drug-likeness (QED) is 0.566. The van der Waals surface area contributed by atoms with Crippen LogP contribution in [0.5, 0.6) is 0 Å². The lowest BCUT2D eigenvalue weighted by molar-refractivity contribution is -0.137. The van der Waals surface area contributed by atoms with Crippen LogP contribution in [0.4, 0.5) is 17.6 Å². The first-order chi connectivity index (χ1) is 8.80. The van der Waals surface area contributed by atoms with Gasteiger partial charge in [-0.2, -0.15) is 13.2 Å². The van der Waals surface area contributed by atoms with Gasteiger partial charge in [-0.15, -0.1) is 6.58 Å². The van der Waals surface area contributed by atoms with E-state index in [9.17, 15) is 17.6 Å². The molecule has 1 aliphatic rings. The second-order valence-electron chi connectivity index (χ2n) is 4.41. The van der Waals surface area contributed by atoms with Crippen LogP contribution < -0.4 is 0 Å². The Morgan fingerprint density at radius 1 is 1.37 bits per heavy atom. The molecule has 1 aromatic carbocycles. The Balaban J connectivity index is 2.45. The normalized spacial score (nSPS) is 17.3. The fourth-order valence-electron chi connectivity index (χ4n) is 1.91. The summed E-state index contributed by atoms with van der Waals surface area (Å²) in [6.45, 7) is 3.70. The Kier molecular flexibility index (Phi) is 3.75. The maximum Gasteiger partial charge on any atom is 0.416 e. The molecule has 19 heavy (non-hydrogen) atoms. The van der Waals surface area contributed by atoms with Crippen molar-refractivity contribution in [1.82, 2.24) is 0 Å². The molecule has 0 saturated heterocycles. The number of alkyl halides is 3. The molecule has 0 aliphatic heterocycles. The van der Waals surface area contributed by atoms with Crippen molar-refractivity contribution in [2.45, 2.75) is 24.6 Å². The first-order valence-corrected chi connectivity index (χ1v) is 6.41. The lowest BCUT2D eigenvalue weighted by Crippen LogP contribution is -2.16. The number of benzene rings is 1. The van der Waals surface area contributed by atoms with Gasteiger partial charge in [0.1, 0.15) is 5.82 Å². The summed E-state index contributed by atoms with van der Waals surface area (Å²) < 4.78 is 57.3. The standard InChI is InChI=1S/C13H11BrF4O/c1-2-5-19-12(3-4-12)9-6-8(13(16,17)18)7-10(15)11(9)14/h2,6-7H,1,3-5H2. The largest absolute Gasteiger partial charge is 0.416 e. The first-order valence-electron chi connectivity index (χ1n) is 5.62. The summed E-state index contributed by atoms with van der Waals surface area (Å²) in [5.41, 5.74) is -1.62. The molecule has 1 aliphatic carbocycles. The lowest BCUT2D eigenvalue weighted by atomic mass is 10.0. The van der Waals surface area contributed by atoms with Crippen LogP contribution in [0.1, 0.15) is 24.0 Å². The van der Waals surface area contributed by atoms with Gasteiger partial charge >= 0.3 is 6.18 Å². The maximum atomic E-state index is 13.6. The van der Waals surface area contributed by atoms with Crippen molar-refractivity contribution in [2.75, 3.05) is 6.61 Å². The van der Waals surface area contributed by atoms with Gasteiger partial charge in [0, 0.05) is 5.56 Å². The van der Waals surface area contributed by atoms with Gasteiger partial charge in [0.15, 0.2) is 0 Å². The van der Waals surface area contributed by atoms with Crippen LogP contribution in [0.2, 0.25) is 0 Å². The fourth-order valence-corrected chi connectivity index (χ4v) is 2.50. The molecule has 0 bridgehead atoms. The predicted molar refractivity (Wildman–Crippen MR) is 66.2 cm³/mol. The monoisotopic (exact) mass is 338 g/mol. The second-order valence-corrected chi connectivity index (χ2v) is 5.20. The molecule has 0 unspecified atom stereocenters. The Labute approximate surface area is 116 Å². The molecule has 1 aromatic rings. The van der Waals surface area contributed by atoms with Crippen LogP contribution in [0.25, 0.3) is 0 Å². The average molecular weight is 339 g/mol. The van der Waals surface area contributed by atoms with Crippen molar-refractivity contribution in [3.05, 3.63) is 46.2 Å². The van der Waals surface area contributed by atoms with Gasteiger partial charge in [-0.1, -0.05) is 6.08 Å². The van der Waals surface area contributed by atoms with Crippen molar-refractivity contribution < 1.29 is 22.3 Å². The first kappa shape index (κ1) is 14.5. The predicted octanol–water partition coefficient (Wildman–Crippen LogP) is 4.80. The van der Waals surface area contributed by atoms with Crippen LogP contribution in [0, 0.1) is 5.82 Å². The van der Waals surface area contributed by atoms with E-state index in [-0.39, 0.29) is 16.6 Å². The number of hydrogen-bond acceptors (Lipinski definition) is 1. The third-order valence-electron chi connectivity index (χ3n) is 3.03. The molecule has 0 atom stereocenters. The molecule has 6 heteroatoms. The summed E-state index contributed by atoms with van der Waals surface area (Å²) in [5, 5.41) is 0. The summed E-state index contributed by atoms with van der Waals surface area (Å²) in [6, 6.07) is 1.43. The van der Waals surface area contributed by atoms with Crippen molar-refractivity contribution >= 4 is 15.9 Å². The summed E-state index contributed by atoms with van der Waals surface area (Å²) in [5.74, 6) is -0.932. The minimum Gasteiger partial charge on any atom is -0.366 e. The topological polar surface area (TPSA) is 9.23 Å². The molecule has 1 fully saturated rings. The van der Waals surface area contributed by atoms with Crippen molar-refractivity contribution in [3.63, 3.8) is 0 Å². The van der Waals surface area contributed by atoms with E-state index in [1.807, 2.05) is 0 Å². The molecule has 0 spiro atoms. The van der Waals surface area contributed by atoms with Crippen LogP contribution in [-0.2, 0) is 16.5 Å². The molecule has 2 rings (SSSR count). The smallest absolute Gasteiger partial charge is 0.366 e. The maximum absolute atomic E-state index is 13.6. The van der Waals surface area contributed by atoms with Crippen LogP contribution in [0.15, 0.2) is 29.3 Å². The van der Waals surface area contributed by atoms with Crippen LogP contribution in [-0.4, -0.2) is 6.61 Å². The van der Waals surface area contributed by atoms with E-state index in [0.717, 1.165) is 6.07 Å². The number of halogens is 5. The third kappa shape index (κ3) is 2.84. The van der Waals surface area contributed by atoms with Gasteiger partial charge in [0.25, 0.3) is 0 Å². The molecule has 0 radical (unpaired) electrons. The van der Waals surface area contributed by atoms with Gasteiger partial charge in [0.05, 0.1) is 22.2 Å². The molecular weight excluding hydrogens is 328 g/mol. The van der Waals surface area contributed by atoms with E-state index in [1.54, 1.807) is 0 Å². The summed E-state index contributed by atoms with van der Waals surface area (Å²) in [7, 11) is 0. The van der Waals surface area contributed by atoms with Gasteiger partial charge < -0.3 is 4.74 Å². The van der Waals surface area contributed by atoms with Crippen molar-refractivity contribution in [3.8, 4) is 0 Å². The van der Waals surface area contributed by atoms with Gasteiger partial charge in [-0.05, 0) is 40.9 Å². The highest BCUT2D eigenvalue weighted by Crippen LogP contribution is 2.52. The molecule has 104 valence electrons.